The van der Waals surface area contributed by atoms with Crippen LogP contribution in [0.15, 0.2) is 23.3 Å². The Labute approximate surface area is 389 Å². The summed E-state index contributed by atoms with van der Waals surface area (Å²) in [5, 5.41) is 10.0. The maximum atomic E-state index is 12.1. The second-order valence-electron chi connectivity index (χ2n) is 26.2. The van der Waals surface area contributed by atoms with Crippen molar-refractivity contribution in [2.45, 2.75) is 257 Å². The predicted octanol–water partition coefficient (Wildman–Crippen LogP) is 13.6. The van der Waals surface area contributed by atoms with E-state index in [0.717, 1.165) is 18.4 Å². The highest BCUT2D eigenvalue weighted by molar-refractivity contribution is 6.75. The average molecular weight is 978 g/mol. The summed E-state index contributed by atoms with van der Waals surface area (Å²) >= 11 is 0. The van der Waals surface area contributed by atoms with Crippen LogP contribution in [0.25, 0.3) is 0 Å². The molecule has 0 heterocycles. The summed E-state index contributed by atoms with van der Waals surface area (Å²) < 4.78 is 46.3. The summed E-state index contributed by atoms with van der Waals surface area (Å²) in [5.41, 5.74) is 2.26. The van der Waals surface area contributed by atoms with E-state index in [0.29, 0.717) is 12.8 Å². The van der Waals surface area contributed by atoms with Crippen LogP contribution in [0.1, 0.15) is 109 Å². The summed E-state index contributed by atoms with van der Waals surface area (Å²) in [4.78, 5) is 12.1. The minimum absolute atomic E-state index is 0.0288. The lowest BCUT2D eigenvalue weighted by atomic mass is 9.87. The standard InChI is InChI=1S/C24H50O5Si3.C23H50O4Si3/c1-23(2,3)31(11,12)27-19-15-18(17-21(25)26-7)16-20(22(19)29-30(8,9)10)28-32(13,14)24(4,5)6;1-22(2,3)29(10,11)25-19-16-18(14-15-24)17-20(21(19)27-28(7,8)9)26-30(12,13)23(4,5)6/h17,19-20,22H,15-16H2,1-14H3;14,19-21,24H,15-17H2,1-13H3. The van der Waals surface area contributed by atoms with Crippen molar-refractivity contribution < 1.29 is 41.2 Å². The molecule has 0 radical (unpaired) electrons. The monoisotopic (exact) mass is 977 g/mol. The van der Waals surface area contributed by atoms with Gasteiger partial charge in [-0.3, -0.25) is 0 Å². The van der Waals surface area contributed by atoms with Gasteiger partial charge >= 0.3 is 5.97 Å². The van der Waals surface area contributed by atoms with E-state index in [4.69, 9.17) is 31.3 Å². The number of methoxy groups -OCH3 is 1. The van der Waals surface area contributed by atoms with Gasteiger partial charge in [0.1, 0.15) is 0 Å². The summed E-state index contributed by atoms with van der Waals surface area (Å²) in [6.07, 6.45) is 6.04. The topological polar surface area (TPSA) is 102 Å². The quantitative estimate of drug-likeness (QED) is 0.0789. The summed E-state index contributed by atoms with van der Waals surface area (Å²) in [5.74, 6) is -0.318. The van der Waals surface area contributed by atoms with Crippen LogP contribution in [0.3, 0.4) is 0 Å². The van der Waals surface area contributed by atoms with Crippen molar-refractivity contribution in [2.24, 2.45) is 0 Å². The number of hydrogen-bond acceptors (Lipinski definition) is 9. The Balaban J connectivity index is 0.000000621. The first-order valence-corrected chi connectivity index (χ1v) is 41.9. The van der Waals surface area contributed by atoms with Crippen LogP contribution in [-0.4, -0.2) is 111 Å². The molecule has 366 valence electrons. The van der Waals surface area contributed by atoms with E-state index in [1.165, 1.54) is 12.7 Å². The number of rotatable bonds is 14. The molecular formula is C47H100O9Si6. The zero-order chi connectivity index (χ0) is 49.1. The van der Waals surface area contributed by atoms with Crippen molar-refractivity contribution in [3.63, 3.8) is 0 Å². The van der Waals surface area contributed by atoms with E-state index in [9.17, 15) is 9.90 Å². The SMILES string of the molecule is CC(C)(C)[Si](C)(C)OC1CC(=CCO)CC(O[Si](C)(C)C(C)(C)C)C1O[Si](C)(C)C.COC(=O)C=C1CC(O[Si](C)(C)C(C)(C)C)C(O[Si](C)(C)C)C(O[Si](C)(C)C(C)(C)C)C1. The second-order valence-corrected chi connectivity index (χ2v) is 54.2. The van der Waals surface area contributed by atoms with Crippen molar-refractivity contribution in [1.29, 1.82) is 0 Å². The highest BCUT2D eigenvalue weighted by atomic mass is 28.4. The fraction of sp³-hybridized carbons (Fsp3) is 0.894. The van der Waals surface area contributed by atoms with Gasteiger partial charge in [0, 0.05) is 6.08 Å². The van der Waals surface area contributed by atoms with E-state index in [1.54, 1.807) is 6.08 Å². The Hall–Kier alpha value is -0.0287. The van der Waals surface area contributed by atoms with Crippen molar-refractivity contribution in [3.8, 4) is 0 Å². The molecule has 0 saturated heterocycles. The molecule has 4 atom stereocenters. The normalized spacial score (nSPS) is 24.3. The first-order chi connectivity index (χ1) is 27.3. The molecule has 0 aliphatic heterocycles. The second kappa shape index (κ2) is 21.5. The van der Waals surface area contributed by atoms with Gasteiger partial charge in [-0.05, 0) is 137 Å². The molecule has 0 aromatic rings. The molecular weight excluding hydrogens is 877 g/mol. The molecule has 15 heteroatoms. The van der Waals surface area contributed by atoms with E-state index in [2.05, 4.69) is 175 Å². The lowest BCUT2D eigenvalue weighted by molar-refractivity contribution is -0.135. The van der Waals surface area contributed by atoms with Gasteiger partial charge < -0.3 is 36.4 Å². The van der Waals surface area contributed by atoms with Gasteiger partial charge in [0.15, 0.2) is 49.9 Å². The predicted molar refractivity (Wildman–Crippen MR) is 278 cm³/mol. The molecule has 2 rings (SSSR count). The van der Waals surface area contributed by atoms with Crippen molar-refractivity contribution in [1.82, 2.24) is 0 Å². The third-order valence-electron chi connectivity index (χ3n) is 14.2. The molecule has 0 bridgehead atoms. The zero-order valence-corrected chi connectivity index (χ0v) is 51.4. The Bertz CT molecular complexity index is 1420. The van der Waals surface area contributed by atoms with Crippen LogP contribution in [0.4, 0.5) is 0 Å². The number of aliphatic hydroxyl groups excluding tert-OH is 1. The van der Waals surface area contributed by atoms with Gasteiger partial charge in [-0.25, -0.2) is 4.79 Å². The van der Waals surface area contributed by atoms with Crippen molar-refractivity contribution in [2.75, 3.05) is 13.7 Å². The van der Waals surface area contributed by atoms with Gasteiger partial charge in [-0.2, -0.15) is 0 Å². The van der Waals surface area contributed by atoms with E-state index in [1.807, 2.05) is 6.08 Å². The largest absolute Gasteiger partial charge is 0.466 e. The highest BCUT2D eigenvalue weighted by Crippen LogP contribution is 2.46. The highest BCUT2D eigenvalue weighted by Gasteiger charge is 2.51. The van der Waals surface area contributed by atoms with Crippen molar-refractivity contribution in [3.05, 3.63) is 23.3 Å². The molecule has 2 fully saturated rings. The molecule has 9 nitrogen and oxygen atoms in total. The maximum absolute atomic E-state index is 12.1. The van der Waals surface area contributed by atoms with Gasteiger partial charge in [0.2, 0.25) is 0 Å². The lowest BCUT2D eigenvalue weighted by Gasteiger charge is -2.49. The zero-order valence-electron chi connectivity index (χ0n) is 45.4. The van der Waals surface area contributed by atoms with Crippen LogP contribution in [0.5, 0.6) is 0 Å². The third kappa shape index (κ3) is 18.2. The number of aliphatic hydroxyl groups is 1. The van der Waals surface area contributed by atoms with E-state index in [-0.39, 0.29) is 69.4 Å². The maximum Gasteiger partial charge on any atom is 0.330 e. The van der Waals surface area contributed by atoms with Crippen LogP contribution in [0, 0.1) is 0 Å². The lowest BCUT2D eigenvalue weighted by Crippen LogP contribution is -2.58. The Morgan fingerprint density at radius 1 is 0.484 bits per heavy atom. The van der Waals surface area contributed by atoms with Crippen LogP contribution >= 0.6 is 0 Å². The molecule has 0 aromatic heterocycles. The molecule has 62 heavy (non-hydrogen) atoms. The van der Waals surface area contributed by atoms with E-state index < -0.39 is 49.9 Å². The molecule has 2 saturated carbocycles. The number of hydrogen-bond donors (Lipinski definition) is 1. The van der Waals surface area contributed by atoms with Crippen LogP contribution in [0.2, 0.25) is 112 Å². The number of carbonyl (C=O) groups is 1. The first-order valence-electron chi connectivity index (χ1n) is 23.4. The number of esters is 1. The average Bonchev–Trinajstić information content (AvgIpc) is 3.01. The number of ether oxygens (including phenoxy) is 1. The van der Waals surface area contributed by atoms with Gasteiger partial charge in [0.25, 0.3) is 0 Å². The minimum Gasteiger partial charge on any atom is -0.466 e. The first kappa shape index (κ1) is 60.0. The Morgan fingerprint density at radius 3 is 0.919 bits per heavy atom. The van der Waals surface area contributed by atoms with E-state index >= 15 is 0 Å². The molecule has 1 N–H and O–H groups in total. The summed E-state index contributed by atoms with van der Waals surface area (Å²) in [6, 6.07) is 0. The van der Waals surface area contributed by atoms with Crippen molar-refractivity contribution >= 4 is 55.9 Å². The molecule has 0 amide bonds. The van der Waals surface area contributed by atoms with Gasteiger partial charge in [-0.15, -0.1) is 0 Å². The van der Waals surface area contributed by atoms with Gasteiger partial charge in [0.05, 0.1) is 50.3 Å². The minimum atomic E-state index is -2.06. The molecule has 0 aromatic carbocycles. The Morgan fingerprint density at radius 2 is 0.726 bits per heavy atom. The summed E-state index contributed by atoms with van der Waals surface area (Å²) in [7, 11) is -10.4. The fourth-order valence-electron chi connectivity index (χ4n) is 6.56. The Kier molecular flexibility index (Phi) is 20.8. The van der Waals surface area contributed by atoms with Crippen LogP contribution in [-0.2, 0) is 36.1 Å². The number of carbonyl (C=O) groups excluding carboxylic acids is 1. The molecule has 2 aliphatic carbocycles. The molecule has 4 unspecified atom stereocenters. The molecule has 2 aliphatic rings. The van der Waals surface area contributed by atoms with Crippen LogP contribution < -0.4 is 0 Å². The fourth-order valence-corrected chi connectivity index (χ4v) is 14.1. The molecule has 0 spiro atoms. The third-order valence-corrected chi connectivity index (χ3v) is 34.2. The summed E-state index contributed by atoms with van der Waals surface area (Å²) in [6.45, 7) is 59.1. The van der Waals surface area contributed by atoms with Gasteiger partial charge in [-0.1, -0.05) is 100 Å². The smallest absolute Gasteiger partial charge is 0.330 e.